The summed E-state index contributed by atoms with van der Waals surface area (Å²) < 4.78 is 5.24. The van der Waals surface area contributed by atoms with Crippen LogP contribution in [0, 0.1) is 11.3 Å². The van der Waals surface area contributed by atoms with E-state index in [-0.39, 0.29) is 0 Å². The van der Waals surface area contributed by atoms with E-state index in [4.69, 9.17) is 10.00 Å². The van der Waals surface area contributed by atoms with Gasteiger partial charge >= 0.3 is 0 Å². The molecular formula is C12H17N3O. The zero-order chi connectivity index (χ0) is 11.6. The SMILES string of the molecule is CCOc1ccc(NCCCCC#N)cn1. The molecule has 0 aromatic carbocycles. The average molecular weight is 219 g/mol. The fourth-order valence-electron chi connectivity index (χ4n) is 1.28. The molecule has 0 spiro atoms. The molecule has 0 aliphatic heterocycles. The van der Waals surface area contributed by atoms with Gasteiger partial charge in [0.25, 0.3) is 0 Å². The first-order valence-electron chi connectivity index (χ1n) is 5.56. The number of hydrogen-bond acceptors (Lipinski definition) is 4. The van der Waals surface area contributed by atoms with Crippen molar-refractivity contribution in [3.8, 4) is 11.9 Å². The number of hydrogen-bond donors (Lipinski definition) is 1. The third-order valence-electron chi connectivity index (χ3n) is 2.07. The molecule has 0 amide bonds. The van der Waals surface area contributed by atoms with Crippen molar-refractivity contribution in [1.29, 1.82) is 5.26 Å². The molecule has 1 N–H and O–H groups in total. The number of nitriles is 1. The van der Waals surface area contributed by atoms with E-state index in [0.29, 0.717) is 18.9 Å². The van der Waals surface area contributed by atoms with E-state index in [9.17, 15) is 0 Å². The van der Waals surface area contributed by atoms with Gasteiger partial charge in [0, 0.05) is 19.0 Å². The lowest BCUT2D eigenvalue weighted by atomic mass is 10.2. The lowest BCUT2D eigenvalue weighted by Crippen LogP contribution is -2.02. The van der Waals surface area contributed by atoms with Crippen LogP contribution in [-0.4, -0.2) is 18.1 Å². The minimum Gasteiger partial charge on any atom is -0.478 e. The van der Waals surface area contributed by atoms with Crippen molar-refractivity contribution in [2.24, 2.45) is 0 Å². The summed E-state index contributed by atoms with van der Waals surface area (Å²) in [6, 6.07) is 5.93. The van der Waals surface area contributed by atoms with Gasteiger partial charge in [-0.25, -0.2) is 4.98 Å². The summed E-state index contributed by atoms with van der Waals surface area (Å²) in [5.41, 5.74) is 0.986. The molecule has 1 aromatic rings. The van der Waals surface area contributed by atoms with Gasteiger partial charge in [-0.05, 0) is 25.8 Å². The van der Waals surface area contributed by atoms with Gasteiger partial charge < -0.3 is 10.1 Å². The minimum atomic E-state index is 0.628. The Kier molecular flexibility index (Phi) is 5.79. The van der Waals surface area contributed by atoms with Crippen molar-refractivity contribution in [2.45, 2.75) is 26.2 Å². The molecule has 16 heavy (non-hydrogen) atoms. The standard InChI is InChI=1S/C12H17N3O/c1-2-16-12-7-6-11(10-15-12)14-9-5-3-4-8-13/h6-7,10,14H,2-5,9H2,1H3. The van der Waals surface area contributed by atoms with E-state index in [1.54, 1.807) is 6.20 Å². The third kappa shape index (κ3) is 4.65. The number of unbranched alkanes of at least 4 members (excludes halogenated alkanes) is 2. The highest BCUT2D eigenvalue weighted by Gasteiger charge is 1.95. The summed E-state index contributed by atoms with van der Waals surface area (Å²) in [6.45, 7) is 3.44. The third-order valence-corrected chi connectivity index (χ3v) is 2.07. The van der Waals surface area contributed by atoms with Crippen LogP contribution in [0.2, 0.25) is 0 Å². The van der Waals surface area contributed by atoms with Crippen LogP contribution in [0.4, 0.5) is 5.69 Å². The number of ether oxygens (including phenoxy) is 1. The van der Waals surface area contributed by atoms with Crippen LogP contribution in [0.15, 0.2) is 18.3 Å². The van der Waals surface area contributed by atoms with Crippen LogP contribution in [0.1, 0.15) is 26.2 Å². The van der Waals surface area contributed by atoms with Crippen LogP contribution in [-0.2, 0) is 0 Å². The minimum absolute atomic E-state index is 0.628. The van der Waals surface area contributed by atoms with E-state index >= 15 is 0 Å². The second-order valence-electron chi connectivity index (χ2n) is 3.36. The van der Waals surface area contributed by atoms with Crippen molar-refractivity contribution < 1.29 is 4.74 Å². The molecule has 0 atom stereocenters. The number of nitrogens with one attached hydrogen (secondary N) is 1. The lowest BCUT2D eigenvalue weighted by molar-refractivity contribution is 0.327. The number of aromatic nitrogens is 1. The molecule has 0 bridgehead atoms. The zero-order valence-electron chi connectivity index (χ0n) is 9.57. The van der Waals surface area contributed by atoms with Gasteiger partial charge in [0.2, 0.25) is 5.88 Å². The largest absolute Gasteiger partial charge is 0.478 e. The van der Waals surface area contributed by atoms with Gasteiger partial charge in [-0.3, -0.25) is 0 Å². The Labute approximate surface area is 96.3 Å². The number of nitrogens with zero attached hydrogens (tertiary/aromatic N) is 2. The predicted octanol–water partition coefficient (Wildman–Crippen LogP) is 2.59. The molecule has 0 aliphatic carbocycles. The summed E-state index contributed by atoms with van der Waals surface area (Å²) in [5.74, 6) is 0.650. The molecule has 0 aliphatic rings. The lowest BCUT2D eigenvalue weighted by Gasteiger charge is -2.06. The fraction of sp³-hybridized carbons (Fsp3) is 0.500. The highest BCUT2D eigenvalue weighted by atomic mass is 16.5. The first-order chi connectivity index (χ1) is 7.86. The Hall–Kier alpha value is -1.76. The molecule has 1 rings (SSSR count). The number of pyridine rings is 1. The van der Waals surface area contributed by atoms with Gasteiger partial charge in [-0.1, -0.05) is 0 Å². The molecule has 4 heteroatoms. The maximum atomic E-state index is 8.37. The van der Waals surface area contributed by atoms with Crippen LogP contribution < -0.4 is 10.1 Å². The monoisotopic (exact) mass is 219 g/mol. The highest BCUT2D eigenvalue weighted by molar-refractivity contribution is 5.41. The maximum Gasteiger partial charge on any atom is 0.213 e. The topological polar surface area (TPSA) is 57.9 Å². The van der Waals surface area contributed by atoms with Crippen LogP contribution >= 0.6 is 0 Å². The first-order valence-corrected chi connectivity index (χ1v) is 5.56. The van der Waals surface area contributed by atoms with Crippen LogP contribution in [0.5, 0.6) is 5.88 Å². The fourth-order valence-corrected chi connectivity index (χ4v) is 1.28. The number of rotatable bonds is 7. The molecular weight excluding hydrogens is 202 g/mol. The smallest absolute Gasteiger partial charge is 0.213 e. The van der Waals surface area contributed by atoms with E-state index in [2.05, 4.69) is 16.4 Å². The van der Waals surface area contributed by atoms with Crippen molar-refractivity contribution in [3.63, 3.8) is 0 Å². The zero-order valence-corrected chi connectivity index (χ0v) is 9.57. The van der Waals surface area contributed by atoms with Gasteiger partial charge in [0.1, 0.15) is 0 Å². The summed E-state index contributed by atoms with van der Waals surface area (Å²) in [4.78, 5) is 4.15. The van der Waals surface area contributed by atoms with Crippen LogP contribution in [0.3, 0.4) is 0 Å². The Balaban J connectivity index is 2.24. The van der Waals surface area contributed by atoms with Gasteiger partial charge in [-0.2, -0.15) is 5.26 Å². The normalized spacial score (nSPS) is 9.50. The van der Waals surface area contributed by atoms with E-state index in [1.807, 2.05) is 19.1 Å². The van der Waals surface area contributed by atoms with Gasteiger partial charge in [0.15, 0.2) is 0 Å². The molecule has 1 aromatic heterocycles. The molecule has 4 nitrogen and oxygen atoms in total. The molecule has 0 saturated heterocycles. The Morgan fingerprint density at radius 2 is 2.31 bits per heavy atom. The predicted molar refractivity (Wildman–Crippen MR) is 63.4 cm³/mol. The quantitative estimate of drug-likeness (QED) is 0.716. The van der Waals surface area contributed by atoms with E-state index < -0.39 is 0 Å². The second kappa shape index (κ2) is 7.52. The Morgan fingerprint density at radius 1 is 1.44 bits per heavy atom. The molecule has 0 saturated carbocycles. The van der Waals surface area contributed by atoms with Crippen molar-refractivity contribution in [1.82, 2.24) is 4.98 Å². The highest BCUT2D eigenvalue weighted by Crippen LogP contribution is 2.11. The summed E-state index contributed by atoms with van der Waals surface area (Å²) >= 11 is 0. The molecule has 0 unspecified atom stereocenters. The van der Waals surface area contributed by atoms with Crippen molar-refractivity contribution in [3.05, 3.63) is 18.3 Å². The second-order valence-corrected chi connectivity index (χ2v) is 3.36. The van der Waals surface area contributed by atoms with E-state index in [1.165, 1.54) is 0 Å². The van der Waals surface area contributed by atoms with Crippen molar-refractivity contribution >= 4 is 5.69 Å². The summed E-state index contributed by atoms with van der Waals surface area (Å²) in [5, 5.41) is 11.6. The van der Waals surface area contributed by atoms with Crippen molar-refractivity contribution in [2.75, 3.05) is 18.5 Å². The van der Waals surface area contributed by atoms with Crippen LogP contribution in [0.25, 0.3) is 0 Å². The number of anilines is 1. The molecule has 86 valence electrons. The summed E-state index contributed by atoms with van der Waals surface area (Å²) in [6.07, 6.45) is 4.33. The van der Waals surface area contributed by atoms with Gasteiger partial charge in [-0.15, -0.1) is 0 Å². The average Bonchev–Trinajstić information content (AvgIpc) is 2.31. The summed E-state index contributed by atoms with van der Waals surface area (Å²) in [7, 11) is 0. The van der Waals surface area contributed by atoms with E-state index in [0.717, 1.165) is 25.1 Å². The maximum absolute atomic E-state index is 8.37. The van der Waals surface area contributed by atoms with Gasteiger partial charge in [0.05, 0.1) is 24.6 Å². The molecule has 0 fully saturated rings. The first kappa shape index (κ1) is 12.3. The molecule has 1 heterocycles. The Morgan fingerprint density at radius 3 is 2.94 bits per heavy atom. The molecule has 0 radical (unpaired) electrons. The Bertz CT molecular complexity index is 329.